The fourth-order valence-electron chi connectivity index (χ4n) is 2.82. The minimum Gasteiger partial charge on any atom is -0.461 e. The second-order valence-corrected chi connectivity index (χ2v) is 6.22. The van der Waals surface area contributed by atoms with Crippen LogP contribution in [0.1, 0.15) is 28.9 Å². The Morgan fingerprint density at radius 1 is 1.07 bits per heavy atom. The Labute approximate surface area is 161 Å². The number of hydrogen-bond donors (Lipinski definition) is 2. The lowest BCUT2D eigenvalue weighted by Crippen LogP contribution is -2.47. The number of halogens is 1. The number of carbonyl (C=O) groups excluding carboxylic acids is 3. The number of ether oxygens (including phenoxy) is 1. The van der Waals surface area contributed by atoms with Gasteiger partial charge in [-0.1, -0.05) is 54.1 Å². The Morgan fingerprint density at radius 2 is 1.74 bits per heavy atom. The highest BCUT2D eigenvalue weighted by Gasteiger charge is 2.36. The van der Waals surface area contributed by atoms with Crippen LogP contribution in [-0.2, 0) is 9.53 Å². The third-order valence-corrected chi connectivity index (χ3v) is 4.29. The molecule has 1 aliphatic rings. The van der Waals surface area contributed by atoms with Gasteiger partial charge in [0, 0.05) is 10.6 Å². The fourth-order valence-corrected chi connectivity index (χ4v) is 2.95. The van der Waals surface area contributed by atoms with Crippen LogP contribution in [-0.4, -0.2) is 24.4 Å². The number of ketones is 1. The van der Waals surface area contributed by atoms with E-state index in [1.807, 2.05) is 0 Å². The number of Topliss-reactive ketones (excluding diaryl/α,β-unsaturated/α-hetero) is 1. The van der Waals surface area contributed by atoms with Crippen LogP contribution in [0.25, 0.3) is 0 Å². The molecule has 6 nitrogen and oxygen atoms in total. The van der Waals surface area contributed by atoms with Crippen LogP contribution in [0.15, 0.2) is 65.9 Å². The molecule has 2 aromatic rings. The summed E-state index contributed by atoms with van der Waals surface area (Å²) in [5, 5.41) is 5.64. The van der Waals surface area contributed by atoms with Crippen molar-refractivity contribution in [1.82, 2.24) is 10.6 Å². The van der Waals surface area contributed by atoms with Crippen molar-refractivity contribution in [2.24, 2.45) is 0 Å². The molecule has 1 aliphatic heterocycles. The summed E-state index contributed by atoms with van der Waals surface area (Å²) in [4.78, 5) is 37.8. The van der Waals surface area contributed by atoms with Crippen molar-refractivity contribution in [3.05, 3.63) is 82.0 Å². The Balaban J connectivity index is 2.16. The zero-order chi connectivity index (χ0) is 19.4. The molecule has 0 saturated heterocycles. The topological polar surface area (TPSA) is 84.5 Å². The van der Waals surface area contributed by atoms with E-state index in [-0.39, 0.29) is 23.7 Å². The molecular formula is C20H17ClN2O4. The summed E-state index contributed by atoms with van der Waals surface area (Å²) in [6, 6.07) is 13.8. The summed E-state index contributed by atoms with van der Waals surface area (Å²) in [5.74, 6) is -1.14. The van der Waals surface area contributed by atoms with Gasteiger partial charge >= 0.3 is 12.0 Å². The average molecular weight is 385 g/mol. The van der Waals surface area contributed by atoms with Gasteiger partial charge in [0.05, 0.1) is 18.2 Å². The SMILES string of the molecule is CCOC(=O)C1=C(C(=O)c2ccccc2)C(c2ccc(Cl)cc2)NC(=O)N1. The molecule has 1 heterocycles. The van der Waals surface area contributed by atoms with Crippen LogP contribution in [0, 0.1) is 0 Å². The van der Waals surface area contributed by atoms with Crippen LogP contribution in [0.4, 0.5) is 4.79 Å². The highest BCUT2D eigenvalue weighted by Crippen LogP contribution is 2.30. The largest absolute Gasteiger partial charge is 0.461 e. The quantitative estimate of drug-likeness (QED) is 0.611. The van der Waals surface area contributed by atoms with E-state index in [2.05, 4.69) is 10.6 Å². The second-order valence-electron chi connectivity index (χ2n) is 5.79. The third kappa shape index (κ3) is 4.01. The van der Waals surface area contributed by atoms with Gasteiger partial charge in [-0.2, -0.15) is 0 Å². The van der Waals surface area contributed by atoms with Gasteiger partial charge in [-0.3, -0.25) is 4.79 Å². The molecule has 0 saturated carbocycles. The zero-order valence-corrected chi connectivity index (χ0v) is 15.2. The van der Waals surface area contributed by atoms with Crippen LogP contribution in [0.3, 0.4) is 0 Å². The molecule has 2 amide bonds. The van der Waals surface area contributed by atoms with Crippen molar-refractivity contribution in [1.29, 1.82) is 0 Å². The van der Waals surface area contributed by atoms with Crippen LogP contribution < -0.4 is 10.6 Å². The summed E-state index contributed by atoms with van der Waals surface area (Å²) >= 11 is 5.94. The van der Waals surface area contributed by atoms with Crippen LogP contribution in [0.2, 0.25) is 5.02 Å². The number of amides is 2. The Hall–Kier alpha value is -3.12. The lowest BCUT2D eigenvalue weighted by Gasteiger charge is -2.29. The van der Waals surface area contributed by atoms with Crippen molar-refractivity contribution >= 4 is 29.4 Å². The van der Waals surface area contributed by atoms with E-state index in [1.54, 1.807) is 61.5 Å². The van der Waals surface area contributed by atoms with Gasteiger partial charge in [0.15, 0.2) is 5.78 Å². The second kappa shape index (κ2) is 8.05. The summed E-state index contributed by atoms with van der Waals surface area (Å²) in [6.07, 6.45) is 0. The predicted octanol–water partition coefficient (Wildman–Crippen LogP) is 3.39. The highest BCUT2D eigenvalue weighted by molar-refractivity contribution is 6.30. The zero-order valence-electron chi connectivity index (χ0n) is 14.5. The van der Waals surface area contributed by atoms with Gasteiger partial charge in [0.2, 0.25) is 0 Å². The summed E-state index contributed by atoms with van der Waals surface area (Å²) in [6.45, 7) is 1.76. The molecule has 7 heteroatoms. The number of hydrogen-bond acceptors (Lipinski definition) is 4. The Bertz CT molecular complexity index is 907. The van der Waals surface area contributed by atoms with E-state index in [9.17, 15) is 14.4 Å². The minimum absolute atomic E-state index is 0.113. The number of esters is 1. The lowest BCUT2D eigenvalue weighted by molar-refractivity contribution is -0.139. The van der Waals surface area contributed by atoms with Crippen molar-refractivity contribution in [2.45, 2.75) is 13.0 Å². The standard InChI is InChI=1S/C20H17ClN2O4/c1-2-27-19(25)17-15(18(24)13-6-4-3-5-7-13)16(22-20(26)23-17)12-8-10-14(21)11-9-12/h3-11,16H,2H2,1H3,(H2,22,23,26). The minimum atomic E-state index is -0.817. The molecule has 138 valence electrons. The van der Waals surface area contributed by atoms with Gasteiger partial charge in [-0.05, 0) is 24.6 Å². The summed E-state index contributed by atoms with van der Waals surface area (Å²) < 4.78 is 5.04. The van der Waals surface area contributed by atoms with E-state index in [1.165, 1.54) is 0 Å². The van der Waals surface area contributed by atoms with E-state index >= 15 is 0 Å². The maximum absolute atomic E-state index is 13.2. The first-order chi connectivity index (χ1) is 13.0. The van der Waals surface area contributed by atoms with Crippen molar-refractivity contribution in [3.63, 3.8) is 0 Å². The first-order valence-corrected chi connectivity index (χ1v) is 8.73. The average Bonchev–Trinajstić information content (AvgIpc) is 2.68. The van der Waals surface area contributed by atoms with Crippen molar-refractivity contribution < 1.29 is 19.1 Å². The van der Waals surface area contributed by atoms with Gasteiger partial charge in [0.25, 0.3) is 0 Å². The number of carbonyl (C=O) groups is 3. The molecule has 0 aliphatic carbocycles. The summed E-state index contributed by atoms with van der Waals surface area (Å²) in [5.41, 5.74) is 0.970. The fraction of sp³-hybridized carbons (Fsp3) is 0.150. The van der Waals surface area contributed by atoms with Crippen molar-refractivity contribution in [3.8, 4) is 0 Å². The molecule has 2 N–H and O–H groups in total. The van der Waals surface area contributed by atoms with Crippen molar-refractivity contribution in [2.75, 3.05) is 6.61 Å². The monoisotopic (exact) mass is 384 g/mol. The first kappa shape index (κ1) is 18.7. The molecule has 2 aromatic carbocycles. The number of rotatable bonds is 5. The van der Waals surface area contributed by atoms with E-state index in [4.69, 9.17) is 16.3 Å². The van der Waals surface area contributed by atoms with Gasteiger partial charge in [0.1, 0.15) is 5.70 Å². The van der Waals surface area contributed by atoms with E-state index < -0.39 is 18.0 Å². The first-order valence-electron chi connectivity index (χ1n) is 8.35. The summed E-state index contributed by atoms with van der Waals surface area (Å²) in [7, 11) is 0. The highest BCUT2D eigenvalue weighted by atomic mass is 35.5. The van der Waals surface area contributed by atoms with E-state index in [0.29, 0.717) is 16.1 Å². The number of benzene rings is 2. The number of urea groups is 1. The third-order valence-electron chi connectivity index (χ3n) is 4.04. The molecule has 1 unspecified atom stereocenters. The molecule has 27 heavy (non-hydrogen) atoms. The predicted molar refractivity (Wildman–Crippen MR) is 100 cm³/mol. The smallest absolute Gasteiger partial charge is 0.355 e. The van der Waals surface area contributed by atoms with Gasteiger partial charge in [-0.15, -0.1) is 0 Å². The molecule has 1 atom stereocenters. The molecular weight excluding hydrogens is 368 g/mol. The van der Waals surface area contributed by atoms with Gasteiger partial charge < -0.3 is 15.4 Å². The Morgan fingerprint density at radius 3 is 2.37 bits per heavy atom. The normalized spacial score (nSPS) is 16.4. The van der Waals surface area contributed by atoms with E-state index in [0.717, 1.165) is 0 Å². The molecule has 0 radical (unpaired) electrons. The Kier molecular flexibility index (Phi) is 5.57. The van der Waals surface area contributed by atoms with Crippen LogP contribution in [0.5, 0.6) is 0 Å². The van der Waals surface area contributed by atoms with Gasteiger partial charge in [-0.25, -0.2) is 9.59 Å². The molecule has 0 aromatic heterocycles. The number of nitrogens with one attached hydrogen (secondary N) is 2. The maximum Gasteiger partial charge on any atom is 0.355 e. The molecule has 0 bridgehead atoms. The maximum atomic E-state index is 13.2. The molecule has 3 rings (SSSR count). The lowest BCUT2D eigenvalue weighted by atomic mass is 9.89. The molecule has 0 fully saturated rings. The molecule has 0 spiro atoms. The van der Waals surface area contributed by atoms with Crippen LogP contribution >= 0.6 is 11.6 Å².